The Morgan fingerprint density at radius 2 is 1.00 bits per heavy atom. The van der Waals surface area contributed by atoms with Gasteiger partial charge in [-0.1, -0.05) is 0 Å². The zero-order valence-electron chi connectivity index (χ0n) is 4.58. The molecule has 0 unspecified atom stereocenters. The summed E-state index contributed by atoms with van der Waals surface area (Å²) >= 11 is 0. The molecule has 7 heavy (non-hydrogen) atoms. The van der Waals surface area contributed by atoms with Crippen LogP contribution in [0.5, 0.6) is 0 Å². The molecule has 0 rings (SSSR count). The molecule has 0 aliphatic heterocycles. The predicted octanol–water partition coefficient (Wildman–Crippen LogP) is 1.19. The van der Waals surface area contributed by atoms with Gasteiger partial charge in [-0.25, -0.2) is 0 Å². The maximum Gasteiger partial charge on any atom is 0 e. The van der Waals surface area contributed by atoms with Gasteiger partial charge in [-0.3, -0.25) is 0 Å². The molecular formula is C6H6Y-2. The minimum absolute atomic E-state index is 0. The van der Waals surface area contributed by atoms with Gasteiger partial charge in [0, 0.05) is 32.7 Å². The third-order valence-corrected chi connectivity index (χ3v) is 0. The first-order valence-corrected chi connectivity index (χ1v) is 1.50. The van der Waals surface area contributed by atoms with Crippen molar-refractivity contribution in [3.05, 3.63) is 12.8 Å². The van der Waals surface area contributed by atoms with Crippen LogP contribution in [0.1, 0.15) is 13.8 Å². The zero-order valence-corrected chi connectivity index (χ0v) is 7.42. The van der Waals surface area contributed by atoms with E-state index < -0.39 is 0 Å². The van der Waals surface area contributed by atoms with E-state index in [1.165, 1.54) is 0 Å². The van der Waals surface area contributed by atoms with Crippen LogP contribution in [0.2, 0.25) is 0 Å². The number of hydrogen-bond donors (Lipinski definition) is 0. The first kappa shape index (κ1) is 15.7. The van der Waals surface area contributed by atoms with Gasteiger partial charge in [0.15, 0.2) is 0 Å². The van der Waals surface area contributed by atoms with Crippen LogP contribution >= 0.6 is 0 Å². The molecule has 0 spiro atoms. The standard InChI is InChI=1S/2C3H3.Y/c2*1-3-2;/h2*1H3;/q2*-1;. The predicted molar refractivity (Wildman–Crippen MR) is 25.6 cm³/mol. The van der Waals surface area contributed by atoms with Gasteiger partial charge in [-0.15, -0.1) is 0 Å². The van der Waals surface area contributed by atoms with Crippen LogP contribution in [0.3, 0.4) is 0 Å². The third-order valence-electron chi connectivity index (χ3n) is 0. The van der Waals surface area contributed by atoms with Gasteiger partial charge in [0.2, 0.25) is 0 Å². The van der Waals surface area contributed by atoms with Crippen LogP contribution < -0.4 is 0 Å². The fourth-order valence-electron chi connectivity index (χ4n) is 0. The van der Waals surface area contributed by atoms with Crippen molar-refractivity contribution >= 4 is 0 Å². The van der Waals surface area contributed by atoms with Crippen molar-refractivity contribution in [3.8, 4) is 11.8 Å². The molecule has 0 bridgehead atoms. The molecule has 0 amide bonds. The summed E-state index contributed by atoms with van der Waals surface area (Å²) in [5.41, 5.74) is 0. The van der Waals surface area contributed by atoms with E-state index in [2.05, 4.69) is 0 Å². The van der Waals surface area contributed by atoms with Crippen LogP contribution in [-0.4, -0.2) is 0 Å². The fraction of sp³-hybridized carbons (Fsp3) is 0.333. The van der Waals surface area contributed by atoms with Crippen molar-refractivity contribution in [1.29, 1.82) is 0 Å². The van der Waals surface area contributed by atoms with Crippen LogP contribution in [-0.2, 0) is 32.7 Å². The van der Waals surface area contributed by atoms with Crippen molar-refractivity contribution < 1.29 is 32.7 Å². The monoisotopic (exact) mass is 167 g/mol. The maximum atomic E-state index is 5.96. The fourth-order valence-corrected chi connectivity index (χ4v) is 0. The topological polar surface area (TPSA) is 0 Å². The third kappa shape index (κ3) is 2220. The molecule has 0 fully saturated rings. The SMILES string of the molecule is [C-]#CC.[C-]#CC.[Y]. The van der Waals surface area contributed by atoms with Crippen LogP contribution in [0.25, 0.3) is 0 Å². The second-order valence-corrected chi connectivity index (χ2v) is 0.500. The molecule has 0 aromatic heterocycles. The molecule has 1 heteroatoms. The Labute approximate surface area is 71.0 Å². The maximum absolute atomic E-state index is 5.96. The van der Waals surface area contributed by atoms with Crippen molar-refractivity contribution in [3.63, 3.8) is 0 Å². The van der Waals surface area contributed by atoms with E-state index in [0.29, 0.717) is 0 Å². The van der Waals surface area contributed by atoms with E-state index >= 15 is 0 Å². The molecule has 0 heterocycles. The molecule has 35 valence electrons. The van der Waals surface area contributed by atoms with Crippen LogP contribution in [0, 0.1) is 24.7 Å². The van der Waals surface area contributed by atoms with Gasteiger partial charge in [-0.05, 0) is 13.8 Å². The zero-order chi connectivity index (χ0) is 5.41. The van der Waals surface area contributed by atoms with Gasteiger partial charge in [0.25, 0.3) is 0 Å². The van der Waals surface area contributed by atoms with Gasteiger partial charge >= 0.3 is 0 Å². The van der Waals surface area contributed by atoms with Gasteiger partial charge in [-0.2, -0.15) is 0 Å². The molecule has 0 aliphatic carbocycles. The van der Waals surface area contributed by atoms with E-state index in [9.17, 15) is 0 Å². The Morgan fingerprint density at radius 3 is 1.00 bits per heavy atom. The number of hydrogen-bond acceptors (Lipinski definition) is 0. The van der Waals surface area contributed by atoms with E-state index in [0.717, 1.165) is 0 Å². The summed E-state index contributed by atoms with van der Waals surface area (Å²) in [5.74, 6) is 4.00. The Bertz CT molecular complexity index is 59.2. The summed E-state index contributed by atoms with van der Waals surface area (Å²) in [5, 5.41) is 0. The van der Waals surface area contributed by atoms with Crippen LogP contribution in [0.4, 0.5) is 0 Å². The first-order valence-electron chi connectivity index (χ1n) is 1.50. The molecule has 0 nitrogen and oxygen atoms in total. The van der Waals surface area contributed by atoms with E-state index in [1.807, 2.05) is 11.8 Å². The molecule has 0 aliphatic rings. The van der Waals surface area contributed by atoms with E-state index in [4.69, 9.17) is 12.8 Å². The molecule has 0 N–H and O–H groups in total. The second kappa shape index (κ2) is 34.3. The summed E-state index contributed by atoms with van der Waals surface area (Å²) < 4.78 is 0. The molecule has 0 saturated heterocycles. The Balaban J connectivity index is -0.0000000400. The first-order chi connectivity index (χ1) is 2.83. The average molecular weight is 167 g/mol. The van der Waals surface area contributed by atoms with Gasteiger partial charge < -0.3 is 24.7 Å². The molecule has 0 aromatic rings. The van der Waals surface area contributed by atoms with Gasteiger partial charge in [0.1, 0.15) is 0 Å². The second-order valence-electron chi connectivity index (χ2n) is 0.500. The minimum atomic E-state index is 0. The van der Waals surface area contributed by atoms with Crippen molar-refractivity contribution in [2.75, 3.05) is 0 Å². The molecule has 1 radical (unpaired) electrons. The Morgan fingerprint density at radius 1 is 1.00 bits per heavy atom. The summed E-state index contributed by atoms with van der Waals surface area (Å²) in [6.45, 7) is 3.08. The molecule has 0 atom stereocenters. The minimum Gasteiger partial charge on any atom is -0.694 e. The summed E-state index contributed by atoms with van der Waals surface area (Å²) in [7, 11) is 0. The molecular weight excluding hydrogens is 161 g/mol. The summed E-state index contributed by atoms with van der Waals surface area (Å²) in [4.78, 5) is 0. The summed E-state index contributed by atoms with van der Waals surface area (Å²) in [6.07, 6.45) is 11.9. The number of rotatable bonds is 0. The quantitative estimate of drug-likeness (QED) is 0.375. The Kier molecular flexibility index (Phi) is 76.9. The molecule has 0 aromatic carbocycles. The molecule has 0 saturated carbocycles. The smallest absolute Gasteiger partial charge is 0 e. The summed E-state index contributed by atoms with van der Waals surface area (Å²) in [6, 6.07) is 0. The van der Waals surface area contributed by atoms with Crippen molar-refractivity contribution in [2.45, 2.75) is 13.8 Å². The largest absolute Gasteiger partial charge is 0.694 e. The van der Waals surface area contributed by atoms with Gasteiger partial charge in [0.05, 0.1) is 0 Å². The Hall–Kier alpha value is 0.224. The van der Waals surface area contributed by atoms with E-state index in [1.54, 1.807) is 13.8 Å². The van der Waals surface area contributed by atoms with Crippen LogP contribution in [0.15, 0.2) is 0 Å². The van der Waals surface area contributed by atoms with Crippen molar-refractivity contribution in [1.82, 2.24) is 0 Å². The van der Waals surface area contributed by atoms with E-state index in [-0.39, 0.29) is 32.7 Å². The van der Waals surface area contributed by atoms with Crippen molar-refractivity contribution in [2.24, 2.45) is 0 Å². The normalized spacial score (nSPS) is 2.29. The average Bonchev–Trinajstić information content (AvgIpc) is 1.39.